The number of hydrogen-bond acceptors (Lipinski definition) is 4. The van der Waals surface area contributed by atoms with Crippen molar-refractivity contribution in [2.24, 2.45) is 0 Å². The number of rotatable bonds is 5. The van der Waals surface area contributed by atoms with E-state index in [1.807, 2.05) is 4.57 Å². The van der Waals surface area contributed by atoms with Gasteiger partial charge >= 0.3 is 6.18 Å². The number of thioether (sulfide) groups is 1. The molecule has 3 rings (SSSR count). The molecule has 4 nitrogen and oxygen atoms in total. The Morgan fingerprint density at radius 2 is 1.86 bits per heavy atom. The molecule has 1 heterocycles. The van der Waals surface area contributed by atoms with Crippen molar-refractivity contribution in [2.75, 3.05) is 0 Å². The lowest BCUT2D eigenvalue weighted by Crippen LogP contribution is -2.04. The van der Waals surface area contributed by atoms with Crippen molar-refractivity contribution < 1.29 is 18.3 Å². The zero-order valence-electron chi connectivity index (χ0n) is 11.5. The molecule has 0 amide bonds. The Balaban J connectivity index is 1.69. The fourth-order valence-corrected chi connectivity index (χ4v) is 3.13. The van der Waals surface area contributed by atoms with Gasteiger partial charge in [-0.25, -0.2) is 0 Å². The van der Waals surface area contributed by atoms with Crippen LogP contribution in [0, 0.1) is 0 Å². The van der Waals surface area contributed by atoms with E-state index in [0.717, 1.165) is 30.5 Å². The maximum absolute atomic E-state index is 12.5. The number of hydrogen-bond donors (Lipinski definition) is 1. The molecule has 1 aromatic heterocycles. The molecule has 0 unspecified atom stereocenters. The molecule has 0 saturated heterocycles. The second-order valence-electron chi connectivity index (χ2n) is 5.14. The molecular formula is C14H14F3N3OS. The molecule has 0 radical (unpaired) electrons. The highest BCUT2D eigenvalue weighted by Gasteiger charge is 2.30. The van der Waals surface area contributed by atoms with E-state index in [1.165, 1.54) is 23.9 Å². The molecule has 0 bridgehead atoms. The standard InChI is InChI=1S/C14H14F3N3OS/c15-14(16,17)10-3-1-9(2-4-10)8-22-13-19-18-12(7-21)20(13)11-5-6-11/h1-4,11,21H,5-8H2. The van der Waals surface area contributed by atoms with Crippen LogP contribution >= 0.6 is 11.8 Å². The third-order valence-corrected chi connectivity index (χ3v) is 4.45. The summed E-state index contributed by atoms with van der Waals surface area (Å²) in [5.41, 5.74) is 0.138. The summed E-state index contributed by atoms with van der Waals surface area (Å²) >= 11 is 1.42. The zero-order valence-corrected chi connectivity index (χ0v) is 12.4. The molecule has 1 N–H and O–H groups in total. The summed E-state index contributed by atoms with van der Waals surface area (Å²) in [5, 5.41) is 18.0. The van der Waals surface area contributed by atoms with Gasteiger partial charge in [0.1, 0.15) is 6.61 Å². The van der Waals surface area contributed by atoms with Gasteiger partial charge in [0, 0.05) is 11.8 Å². The lowest BCUT2D eigenvalue weighted by molar-refractivity contribution is -0.137. The molecule has 2 aromatic rings. The SMILES string of the molecule is OCc1nnc(SCc2ccc(C(F)(F)F)cc2)n1C1CC1. The molecule has 118 valence electrons. The maximum atomic E-state index is 12.5. The van der Waals surface area contributed by atoms with Gasteiger partial charge in [0.15, 0.2) is 11.0 Å². The van der Waals surface area contributed by atoms with Gasteiger partial charge in [-0.2, -0.15) is 13.2 Å². The van der Waals surface area contributed by atoms with Crippen molar-refractivity contribution in [3.05, 3.63) is 41.2 Å². The topological polar surface area (TPSA) is 50.9 Å². The van der Waals surface area contributed by atoms with Crippen LogP contribution in [0.4, 0.5) is 13.2 Å². The van der Waals surface area contributed by atoms with Gasteiger partial charge in [-0.15, -0.1) is 10.2 Å². The average Bonchev–Trinajstić information content (AvgIpc) is 3.24. The number of halogens is 3. The first-order chi connectivity index (χ1) is 10.5. The van der Waals surface area contributed by atoms with Gasteiger partial charge in [0.2, 0.25) is 0 Å². The Kier molecular flexibility index (Phi) is 4.14. The highest BCUT2D eigenvalue weighted by molar-refractivity contribution is 7.98. The van der Waals surface area contributed by atoms with E-state index in [-0.39, 0.29) is 6.61 Å². The Morgan fingerprint density at radius 1 is 1.18 bits per heavy atom. The third kappa shape index (κ3) is 3.27. The quantitative estimate of drug-likeness (QED) is 0.854. The van der Waals surface area contributed by atoms with Crippen molar-refractivity contribution in [1.82, 2.24) is 14.8 Å². The molecular weight excluding hydrogens is 315 g/mol. The molecule has 1 aliphatic rings. The fraction of sp³-hybridized carbons (Fsp3) is 0.429. The predicted molar refractivity (Wildman–Crippen MR) is 75.2 cm³/mol. The number of aliphatic hydroxyl groups is 1. The third-order valence-electron chi connectivity index (χ3n) is 3.44. The molecule has 22 heavy (non-hydrogen) atoms. The highest BCUT2D eigenvalue weighted by Crippen LogP contribution is 2.39. The number of benzene rings is 1. The van der Waals surface area contributed by atoms with Crippen LogP contribution in [-0.2, 0) is 18.5 Å². The number of alkyl halides is 3. The van der Waals surface area contributed by atoms with Gasteiger partial charge in [-0.1, -0.05) is 23.9 Å². The normalized spacial score (nSPS) is 15.3. The molecule has 1 aliphatic carbocycles. The van der Waals surface area contributed by atoms with E-state index in [2.05, 4.69) is 10.2 Å². The lowest BCUT2D eigenvalue weighted by atomic mass is 10.1. The molecule has 0 aliphatic heterocycles. The zero-order chi connectivity index (χ0) is 15.7. The summed E-state index contributed by atoms with van der Waals surface area (Å²) < 4.78 is 39.5. The van der Waals surface area contributed by atoms with Crippen LogP contribution in [0.5, 0.6) is 0 Å². The van der Waals surface area contributed by atoms with E-state index >= 15 is 0 Å². The summed E-state index contributed by atoms with van der Waals surface area (Å²) in [5.74, 6) is 1.05. The molecule has 0 spiro atoms. The Morgan fingerprint density at radius 3 is 2.41 bits per heavy atom. The van der Waals surface area contributed by atoms with Gasteiger partial charge in [-0.05, 0) is 30.5 Å². The minimum absolute atomic E-state index is 0.162. The maximum Gasteiger partial charge on any atom is 0.416 e. The first-order valence-corrected chi connectivity index (χ1v) is 7.81. The van der Waals surface area contributed by atoms with Crippen molar-refractivity contribution in [2.45, 2.75) is 42.6 Å². The number of aliphatic hydroxyl groups excluding tert-OH is 1. The number of nitrogens with zero attached hydrogens (tertiary/aromatic N) is 3. The summed E-state index contributed by atoms with van der Waals surface area (Å²) in [6.45, 7) is -0.162. The van der Waals surface area contributed by atoms with Gasteiger partial charge in [-0.3, -0.25) is 0 Å². The van der Waals surface area contributed by atoms with Crippen LogP contribution in [0.3, 0.4) is 0 Å². The second kappa shape index (κ2) is 5.92. The second-order valence-corrected chi connectivity index (χ2v) is 6.08. The monoisotopic (exact) mass is 329 g/mol. The molecule has 1 saturated carbocycles. The Labute approximate surface area is 129 Å². The average molecular weight is 329 g/mol. The number of aromatic nitrogens is 3. The van der Waals surface area contributed by atoms with Crippen LogP contribution in [0.1, 0.15) is 35.8 Å². The highest BCUT2D eigenvalue weighted by atomic mass is 32.2. The first-order valence-electron chi connectivity index (χ1n) is 6.82. The van der Waals surface area contributed by atoms with Crippen molar-refractivity contribution in [3.63, 3.8) is 0 Å². The summed E-state index contributed by atoms with van der Waals surface area (Å²) in [6.07, 6.45) is -2.23. The van der Waals surface area contributed by atoms with Crippen LogP contribution in [0.2, 0.25) is 0 Å². The van der Waals surface area contributed by atoms with E-state index < -0.39 is 11.7 Å². The van der Waals surface area contributed by atoms with Crippen molar-refractivity contribution >= 4 is 11.8 Å². The van der Waals surface area contributed by atoms with Gasteiger partial charge in [0.05, 0.1) is 5.56 Å². The van der Waals surface area contributed by atoms with Crippen LogP contribution in [-0.4, -0.2) is 19.9 Å². The van der Waals surface area contributed by atoms with E-state index in [4.69, 9.17) is 0 Å². The van der Waals surface area contributed by atoms with Gasteiger partial charge < -0.3 is 9.67 Å². The van der Waals surface area contributed by atoms with Crippen molar-refractivity contribution in [3.8, 4) is 0 Å². The largest absolute Gasteiger partial charge is 0.416 e. The van der Waals surface area contributed by atoms with Gasteiger partial charge in [0.25, 0.3) is 0 Å². The molecule has 1 aromatic carbocycles. The Bertz CT molecular complexity index is 650. The molecule has 1 fully saturated rings. The van der Waals surface area contributed by atoms with Crippen LogP contribution in [0.15, 0.2) is 29.4 Å². The molecule has 0 atom stereocenters. The summed E-state index contributed by atoms with van der Waals surface area (Å²) in [4.78, 5) is 0. The summed E-state index contributed by atoms with van der Waals surface area (Å²) in [6, 6.07) is 5.45. The predicted octanol–water partition coefficient (Wildman–Crippen LogP) is 3.42. The molecule has 8 heteroatoms. The Hall–Kier alpha value is -1.54. The summed E-state index contributed by atoms with van der Waals surface area (Å²) in [7, 11) is 0. The fourth-order valence-electron chi connectivity index (χ4n) is 2.15. The minimum Gasteiger partial charge on any atom is -0.388 e. The van der Waals surface area contributed by atoms with E-state index in [9.17, 15) is 18.3 Å². The van der Waals surface area contributed by atoms with Crippen LogP contribution in [0.25, 0.3) is 0 Å². The lowest BCUT2D eigenvalue weighted by Gasteiger charge is -2.09. The first kappa shape index (κ1) is 15.4. The van der Waals surface area contributed by atoms with Crippen molar-refractivity contribution in [1.29, 1.82) is 0 Å². The van der Waals surface area contributed by atoms with E-state index in [1.54, 1.807) is 0 Å². The van der Waals surface area contributed by atoms with E-state index in [0.29, 0.717) is 22.8 Å². The smallest absolute Gasteiger partial charge is 0.388 e. The minimum atomic E-state index is -4.31. The van der Waals surface area contributed by atoms with Crippen LogP contribution < -0.4 is 0 Å².